The molecule has 11 nitrogen and oxygen atoms in total. The number of carbonyl (C=O) groups excluding carboxylic acids is 3. The molecule has 1 amide bonds. The van der Waals surface area contributed by atoms with Crippen LogP contribution >= 0.6 is 0 Å². The van der Waals surface area contributed by atoms with Crippen LogP contribution in [0.2, 0.25) is 0 Å². The molecule has 1 saturated heterocycles. The number of hydrogen-bond donors (Lipinski definition) is 1. The van der Waals surface area contributed by atoms with E-state index in [9.17, 15) is 22.8 Å². The molecule has 0 radical (unpaired) electrons. The van der Waals surface area contributed by atoms with Gasteiger partial charge in [0.15, 0.2) is 0 Å². The normalized spacial score (nSPS) is 16.1. The summed E-state index contributed by atoms with van der Waals surface area (Å²) in [4.78, 5) is 37.1. The molecule has 1 N–H and O–H groups in total. The van der Waals surface area contributed by atoms with E-state index in [1.807, 2.05) is 0 Å². The van der Waals surface area contributed by atoms with Gasteiger partial charge in [-0.3, -0.25) is 4.79 Å². The number of esters is 2. The Morgan fingerprint density at radius 1 is 0.917 bits per heavy atom. The molecule has 1 heterocycles. The minimum atomic E-state index is -3.99. The SMILES string of the molecule is COC(=O)c1cc(NC(=O)[C@H]2CCCN(S(=O)(=O)c3cc(OC)ccc3OC)C2)cc(C(=O)OC)c1. The molecule has 0 aliphatic carbocycles. The second kappa shape index (κ2) is 11.4. The number of amides is 1. The van der Waals surface area contributed by atoms with Gasteiger partial charge in [0.25, 0.3) is 0 Å². The number of nitrogens with one attached hydrogen (secondary N) is 1. The zero-order valence-electron chi connectivity index (χ0n) is 20.4. The highest BCUT2D eigenvalue weighted by Crippen LogP contribution is 2.33. The molecule has 1 atom stereocenters. The van der Waals surface area contributed by atoms with Crippen molar-refractivity contribution >= 4 is 33.6 Å². The molecule has 1 fully saturated rings. The lowest BCUT2D eigenvalue weighted by Crippen LogP contribution is -2.43. The summed E-state index contributed by atoms with van der Waals surface area (Å²) in [5.74, 6) is -2.00. The van der Waals surface area contributed by atoms with Gasteiger partial charge in [0.05, 0.1) is 45.5 Å². The average molecular weight is 521 g/mol. The smallest absolute Gasteiger partial charge is 0.337 e. The third-order valence-corrected chi connectivity index (χ3v) is 7.67. The van der Waals surface area contributed by atoms with Crippen molar-refractivity contribution in [3.63, 3.8) is 0 Å². The number of piperidine rings is 1. The zero-order chi connectivity index (χ0) is 26.5. The van der Waals surface area contributed by atoms with E-state index in [-0.39, 0.29) is 40.5 Å². The van der Waals surface area contributed by atoms with Crippen LogP contribution in [0.15, 0.2) is 41.3 Å². The molecule has 36 heavy (non-hydrogen) atoms. The van der Waals surface area contributed by atoms with E-state index in [1.54, 1.807) is 6.07 Å². The fourth-order valence-electron chi connectivity index (χ4n) is 3.91. The molecule has 194 valence electrons. The largest absolute Gasteiger partial charge is 0.497 e. The van der Waals surface area contributed by atoms with Crippen LogP contribution in [0.4, 0.5) is 5.69 Å². The Kier molecular flexibility index (Phi) is 8.53. The van der Waals surface area contributed by atoms with Crippen LogP contribution in [0.3, 0.4) is 0 Å². The van der Waals surface area contributed by atoms with Crippen LogP contribution in [0, 0.1) is 5.92 Å². The first-order valence-electron chi connectivity index (χ1n) is 11.0. The minimum absolute atomic E-state index is 0.0497. The first-order valence-corrected chi connectivity index (χ1v) is 12.4. The Balaban J connectivity index is 1.84. The number of anilines is 1. The van der Waals surface area contributed by atoms with Crippen LogP contribution < -0.4 is 14.8 Å². The van der Waals surface area contributed by atoms with E-state index < -0.39 is 33.8 Å². The third kappa shape index (κ3) is 5.77. The average Bonchev–Trinajstić information content (AvgIpc) is 2.91. The Morgan fingerprint density at radius 3 is 2.11 bits per heavy atom. The van der Waals surface area contributed by atoms with Crippen molar-refractivity contribution in [2.24, 2.45) is 5.92 Å². The van der Waals surface area contributed by atoms with Crippen molar-refractivity contribution in [2.45, 2.75) is 17.7 Å². The lowest BCUT2D eigenvalue weighted by molar-refractivity contribution is -0.120. The number of benzene rings is 2. The van der Waals surface area contributed by atoms with Crippen molar-refractivity contribution in [2.75, 3.05) is 46.8 Å². The van der Waals surface area contributed by atoms with Crippen molar-refractivity contribution in [3.05, 3.63) is 47.5 Å². The van der Waals surface area contributed by atoms with Crippen LogP contribution in [-0.2, 0) is 24.3 Å². The highest BCUT2D eigenvalue weighted by atomic mass is 32.2. The van der Waals surface area contributed by atoms with E-state index in [0.29, 0.717) is 18.6 Å². The maximum atomic E-state index is 13.4. The summed E-state index contributed by atoms with van der Waals surface area (Å²) in [7, 11) is 1.20. The Labute approximate surface area is 209 Å². The molecular weight excluding hydrogens is 492 g/mol. The molecular formula is C24H28N2O9S. The number of rotatable bonds is 8. The summed E-state index contributed by atoms with van der Waals surface area (Å²) < 4.78 is 47.9. The summed E-state index contributed by atoms with van der Waals surface area (Å²) in [6.07, 6.45) is 0.910. The quantitative estimate of drug-likeness (QED) is 0.520. The van der Waals surface area contributed by atoms with E-state index in [0.717, 1.165) is 0 Å². The highest BCUT2D eigenvalue weighted by molar-refractivity contribution is 7.89. The molecule has 3 rings (SSSR count). The first kappa shape index (κ1) is 27.0. The fourth-order valence-corrected chi connectivity index (χ4v) is 5.61. The number of carbonyl (C=O) groups is 3. The number of ether oxygens (including phenoxy) is 4. The molecule has 2 aromatic rings. The molecule has 1 aliphatic heterocycles. The van der Waals surface area contributed by atoms with Gasteiger partial charge < -0.3 is 24.3 Å². The predicted octanol–water partition coefficient (Wildman–Crippen LogP) is 2.32. The first-order chi connectivity index (χ1) is 17.1. The molecule has 2 aromatic carbocycles. The van der Waals surface area contributed by atoms with Gasteiger partial charge in [0.1, 0.15) is 16.4 Å². The lowest BCUT2D eigenvalue weighted by Gasteiger charge is -2.31. The highest BCUT2D eigenvalue weighted by Gasteiger charge is 2.35. The number of methoxy groups -OCH3 is 4. The van der Waals surface area contributed by atoms with Crippen molar-refractivity contribution in [1.82, 2.24) is 4.31 Å². The van der Waals surface area contributed by atoms with Gasteiger partial charge in [0, 0.05) is 24.8 Å². The molecule has 0 bridgehead atoms. The number of hydrogen-bond acceptors (Lipinski definition) is 9. The van der Waals surface area contributed by atoms with Crippen LogP contribution in [0.5, 0.6) is 11.5 Å². The summed E-state index contributed by atoms with van der Waals surface area (Å²) in [6, 6.07) is 8.51. The van der Waals surface area contributed by atoms with E-state index in [1.165, 1.54) is 63.1 Å². The Bertz CT molecular complexity index is 1230. The molecule has 12 heteroatoms. The minimum Gasteiger partial charge on any atom is -0.497 e. The van der Waals surface area contributed by atoms with Gasteiger partial charge in [0.2, 0.25) is 15.9 Å². The number of sulfonamides is 1. The van der Waals surface area contributed by atoms with E-state index in [4.69, 9.17) is 18.9 Å². The fraction of sp³-hybridized carbons (Fsp3) is 0.375. The summed E-state index contributed by atoms with van der Waals surface area (Å²) in [6.45, 7) is 0.172. The van der Waals surface area contributed by atoms with Crippen LogP contribution in [-0.4, -0.2) is 72.1 Å². The van der Waals surface area contributed by atoms with Crippen molar-refractivity contribution in [1.29, 1.82) is 0 Å². The zero-order valence-corrected chi connectivity index (χ0v) is 21.2. The maximum absolute atomic E-state index is 13.4. The molecule has 0 unspecified atom stereocenters. The molecule has 0 spiro atoms. The van der Waals surface area contributed by atoms with Crippen LogP contribution in [0.1, 0.15) is 33.6 Å². The van der Waals surface area contributed by atoms with Crippen LogP contribution in [0.25, 0.3) is 0 Å². The molecule has 0 saturated carbocycles. The number of nitrogens with zero attached hydrogens (tertiary/aromatic N) is 1. The lowest BCUT2D eigenvalue weighted by atomic mass is 9.98. The summed E-state index contributed by atoms with van der Waals surface area (Å²) >= 11 is 0. The second-order valence-corrected chi connectivity index (χ2v) is 9.90. The Hall–Kier alpha value is -3.64. The van der Waals surface area contributed by atoms with Crippen molar-refractivity contribution in [3.8, 4) is 11.5 Å². The third-order valence-electron chi connectivity index (χ3n) is 5.79. The predicted molar refractivity (Wildman–Crippen MR) is 129 cm³/mol. The van der Waals surface area contributed by atoms with Gasteiger partial charge in [-0.15, -0.1) is 0 Å². The van der Waals surface area contributed by atoms with Gasteiger partial charge >= 0.3 is 11.9 Å². The monoisotopic (exact) mass is 520 g/mol. The Morgan fingerprint density at radius 2 is 1.56 bits per heavy atom. The topological polar surface area (TPSA) is 138 Å². The van der Waals surface area contributed by atoms with Gasteiger partial charge in [-0.1, -0.05) is 0 Å². The van der Waals surface area contributed by atoms with E-state index >= 15 is 0 Å². The standard InChI is InChI=1S/C24H28N2O9S/c1-32-19-7-8-20(33-2)21(13-19)36(30,31)26-9-5-6-15(14-26)22(27)25-18-11-16(23(28)34-3)10-17(12-18)24(29)35-4/h7-8,10-13,15H,5-6,9,14H2,1-4H3,(H,25,27)/t15-/m0/s1. The van der Waals surface area contributed by atoms with Gasteiger partial charge in [-0.05, 0) is 43.2 Å². The van der Waals surface area contributed by atoms with Crippen molar-refractivity contribution < 1.29 is 41.7 Å². The summed E-state index contributed by atoms with van der Waals surface area (Å²) in [5, 5.41) is 2.68. The molecule has 1 aliphatic rings. The van der Waals surface area contributed by atoms with Gasteiger partial charge in [-0.25, -0.2) is 18.0 Å². The van der Waals surface area contributed by atoms with E-state index in [2.05, 4.69) is 5.32 Å². The molecule has 0 aromatic heterocycles. The second-order valence-electron chi connectivity index (χ2n) is 7.99. The maximum Gasteiger partial charge on any atom is 0.337 e. The van der Waals surface area contributed by atoms with Gasteiger partial charge in [-0.2, -0.15) is 4.31 Å². The summed E-state index contributed by atoms with van der Waals surface area (Å²) in [5.41, 5.74) is 0.278.